The Kier molecular flexibility index (Phi) is 4.43. The summed E-state index contributed by atoms with van der Waals surface area (Å²) in [6.07, 6.45) is 6.23. The van der Waals surface area contributed by atoms with Gasteiger partial charge in [-0.15, -0.1) is 0 Å². The number of fused-ring (bicyclic) bond motifs is 1. The van der Waals surface area contributed by atoms with Gasteiger partial charge < -0.3 is 9.80 Å². The first-order valence-electron chi connectivity index (χ1n) is 8.08. The van der Waals surface area contributed by atoms with Gasteiger partial charge in [-0.3, -0.25) is 4.79 Å². The SMILES string of the molecule is CCC1CN(C)CCCN1C(=O)Cc1cnn2ccccc12. The van der Waals surface area contributed by atoms with Crippen molar-refractivity contribution in [1.29, 1.82) is 0 Å². The minimum absolute atomic E-state index is 0.223. The number of hydrogen-bond acceptors (Lipinski definition) is 3. The molecule has 1 aliphatic rings. The van der Waals surface area contributed by atoms with Gasteiger partial charge >= 0.3 is 0 Å². The maximum atomic E-state index is 12.8. The Morgan fingerprint density at radius 3 is 3.05 bits per heavy atom. The van der Waals surface area contributed by atoms with Crippen molar-refractivity contribution >= 4 is 11.4 Å². The number of rotatable bonds is 3. The third-order valence-electron chi connectivity index (χ3n) is 4.54. The van der Waals surface area contributed by atoms with Gasteiger partial charge in [-0.05, 0) is 38.6 Å². The van der Waals surface area contributed by atoms with Gasteiger partial charge in [0.25, 0.3) is 0 Å². The molecule has 1 fully saturated rings. The molecule has 0 N–H and O–H groups in total. The fraction of sp³-hybridized carbons (Fsp3) is 0.529. The van der Waals surface area contributed by atoms with Gasteiger partial charge in [-0.1, -0.05) is 13.0 Å². The Morgan fingerprint density at radius 1 is 1.36 bits per heavy atom. The second-order valence-corrected chi connectivity index (χ2v) is 6.14. The molecule has 3 heterocycles. The van der Waals surface area contributed by atoms with Crippen molar-refractivity contribution in [2.75, 3.05) is 26.7 Å². The van der Waals surface area contributed by atoms with Crippen LogP contribution in [0.4, 0.5) is 0 Å². The zero-order valence-corrected chi connectivity index (χ0v) is 13.4. The quantitative estimate of drug-likeness (QED) is 0.868. The van der Waals surface area contributed by atoms with Gasteiger partial charge in [0.1, 0.15) is 0 Å². The highest BCUT2D eigenvalue weighted by atomic mass is 16.2. The summed E-state index contributed by atoms with van der Waals surface area (Å²) in [7, 11) is 2.14. The van der Waals surface area contributed by atoms with Crippen molar-refractivity contribution in [2.24, 2.45) is 0 Å². The lowest BCUT2D eigenvalue weighted by atomic mass is 10.1. The van der Waals surface area contributed by atoms with Crippen molar-refractivity contribution in [1.82, 2.24) is 19.4 Å². The van der Waals surface area contributed by atoms with Gasteiger partial charge in [-0.2, -0.15) is 5.10 Å². The molecular formula is C17H24N4O. The summed E-state index contributed by atoms with van der Waals surface area (Å²) in [5, 5.41) is 4.32. The Balaban J connectivity index is 1.78. The molecule has 5 heteroatoms. The lowest BCUT2D eigenvalue weighted by molar-refractivity contribution is -0.132. The highest BCUT2D eigenvalue weighted by Gasteiger charge is 2.26. The van der Waals surface area contributed by atoms with Gasteiger partial charge in [0.2, 0.25) is 5.91 Å². The van der Waals surface area contributed by atoms with Crippen molar-refractivity contribution in [3.63, 3.8) is 0 Å². The van der Waals surface area contributed by atoms with Crippen LogP contribution >= 0.6 is 0 Å². The molecule has 1 unspecified atom stereocenters. The minimum atomic E-state index is 0.223. The molecule has 2 aromatic rings. The Morgan fingerprint density at radius 2 is 2.23 bits per heavy atom. The third-order valence-corrected chi connectivity index (χ3v) is 4.54. The normalized spacial score (nSPS) is 20.3. The van der Waals surface area contributed by atoms with Crippen molar-refractivity contribution in [2.45, 2.75) is 32.2 Å². The molecule has 1 aliphatic heterocycles. The van der Waals surface area contributed by atoms with Crippen LogP contribution in [0.5, 0.6) is 0 Å². The number of likely N-dealkylation sites (N-methyl/N-ethyl adjacent to an activating group) is 1. The zero-order valence-electron chi connectivity index (χ0n) is 13.4. The molecule has 0 radical (unpaired) electrons. The number of amides is 1. The van der Waals surface area contributed by atoms with Gasteiger partial charge in [0.05, 0.1) is 18.1 Å². The molecule has 2 aromatic heterocycles. The topological polar surface area (TPSA) is 40.8 Å². The van der Waals surface area contributed by atoms with E-state index in [9.17, 15) is 4.79 Å². The second kappa shape index (κ2) is 6.48. The second-order valence-electron chi connectivity index (χ2n) is 6.14. The van der Waals surface area contributed by atoms with E-state index >= 15 is 0 Å². The van der Waals surface area contributed by atoms with E-state index in [2.05, 4.69) is 28.9 Å². The van der Waals surface area contributed by atoms with E-state index in [1.807, 2.05) is 35.1 Å². The van der Waals surface area contributed by atoms with Crippen LogP contribution < -0.4 is 0 Å². The van der Waals surface area contributed by atoms with Crippen LogP contribution in [0, 0.1) is 0 Å². The molecule has 1 atom stereocenters. The van der Waals surface area contributed by atoms with E-state index in [0.717, 1.165) is 43.6 Å². The van der Waals surface area contributed by atoms with Crippen LogP contribution in [-0.2, 0) is 11.2 Å². The lowest BCUT2D eigenvalue weighted by Gasteiger charge is -2.30. The largest absolute Gasteiger partial charge is 0.338 e. The van der Waals surface area contributed by atoms with Crippen molar-refractivity contribution < 1.29 is 4.79 Å². The van der Waals surface area contributed by atoms with E-state index in [-0.39, 0.29) is 5.91 Å². The fourth-order valence-corrected chi connectivity index (χ4v) is 3.31. The maximum Gasteiger partial charge on any atom is 0.227 e. The molecule has 1 saturated heterocycles. The Hall–Kier alpha value is -1.88. The summed E-state index contributed by atoms with van der Waals surface area (Å²) in [4.78, 5) is 17.2. The summed E-state index contributed by atoms with van der Waals surface area (Å²) in [5.41, 5.74) is 2.04. The molecular weight excluding hydrogens is 276 g/mol. The summed E-state index contributed by atoms with van der Waals surface area (Å²) in [5.74, 6) is 0.223. The molecule has 0 spiro atoms. The predicted molar refractivity (Wildman–Crippen MR) is 86.8 cm³/mol. The molecule has 0 saturated carbocycles. The average Bonchev–Trinajstić information content (AvgIpc) is 2.82. The van der Waals surface area contributed by atoms with Crippen LogP contribution in [0.15, 0.2) is 30.6 Å². The molecule has 0 bridgehead atoms. The van der Waals surface area contributed by atoms with Crippen LogP contribution in [0.1, 0.15) is 25.3 Å². The summed E-state index contributed by atoms with van der Waals surface area (Å²) in [6.45, 7) is 5.06. The molecule has 0 aromatic carbocycles. The molecule has 118 valence electrons. The minimum Gasteiger partial charge on any atom is -0.338 e. The summed E-state index contributed by atoms with van der Waals surface area (Å²) in [6, 6.07) is 6.27. The number of carbonyl (C=O) groups is 1. The van der Waals surface area contributed by atoms with Gasteiger partial charge in [-0.25, -0.2) is 4.52 Å². The van der Waals surface area contributed by atoms with Crippen LogP contribution in [0.2, 0.25) is 0 Å². The first-order valence-corrected chi connectivity index (χ1v) is 8.08. The number of carbonyl (C=O) groups excluding carboxylic acids is 1. The summed E-state index contributed by atoms with van der Waals surface area (Å²) < 4.78 is 1.83. The van der Waals surface area contributed by atoms with Crippen LogP contribution in [0.3, 0.4) is 0 Å². The number of hydrogen-bond donors (Lipinski definition) is 0. The smallest absolute Gasteiger partial charge is 0.227 e. The van der Waals surface area contributed by atoms with Gasteiger partial charge in [0, 0.05) is 30.9 Å². The molecule has 5 nitrogen and oxygen atoms in total. The number of pyridine rings is 1. The average molecular weight is 300 g/mol. The van der Waals surface area contributed by atoms with Crippen LogP contribution in [-0.4, -0.2) is 58.0 Å². The van der Waals surface area contributed by atoms with E-state index in [1.54, 1.807) is 0 Å². The van der Waals surface area contributed by atoms with E-state index in [4.69, 9.17) is 0 Å². The van der Waals surface area contributed by atoms with Gasteiger partial charge in [0.15, 0.2) is 0 Å². The summed E-state index contributed by atoms with van der Waals surface area (Å²) >= 11 is 0. The maximum absolute atomic E-state index is 12.8. The third kappa shape index (κ3) is 2.99. The lowest BCUT2D eigenvalue weighted by Crippen LogP contribution is -2.44. The molecule has 22 heavy (non-hydrogen) atoms. The standard InChI is InChI=1S/C17H24N4O/c1-3-15-13-19(2)8-6-9-20(15)17(22)11-14-12-18-21-10-5-4-7-16(14)21/h4-5,7,10,12,15H,3,6,8-9,11,13H2,1-2H3. The fourth-order valence-electron chi connectivity index (χ4n) is 3.31. The molecule has 1 amide bonds. The molecule has 0 aliphatic carbocycles. The predicted octanol–water partition coefficient (Wildman–Crippen LogP) is 1.82. The van der Waals surface area contributed by atoms with E-state index < -0.39 is 0 Å². The highest BCUT2D eigenvalue weighted by molar-refractivity contribution is 5.81. The van der Waals surface area contributed by atoms with Crippen molar-refractivity contribution in [3.8, 4) is 0 Å². The Labute approximate surface area is 131 Å². The zero-order chi connectivity index (χ0) is 15.5. The van der Waals surface area contributed by atoms with Crippen molar-refractivity contribution in [3.05, 3.63) is 36.2 Å². The number of aromatic nitrogens is 2. The van der Waals surface area contributed by atoms with Crippen LogP contribution in [0.25, 0.3) is 5.52 Å². The van der Waals surface area contributed by atoms with E-state index in [0.29, 0.717) is 12.5 Å². The molecule has 3 rings (SSSR count). The first-order chi connectivity index (χ1) is 10.7. The highest BCUT2D eigenvalue weighted by Crippen LogP contribution is 2.16. The first kappa shape index (κ1) is 15.0. The monoisotopic (exact) mass is 300 g/mol. The number of nitrogens with zero attached hydrogens (tertiary/aromatic N) is 4. The Bertz CT molecular complexity index is 651. The van der Waals surface area contributed by atoms with E-state index in [1.165, 1.54) is 0 Å².